The zero-order chi connectivity index (χ0) is 23.7. The fraction of sp³-hybridized carbons (Fsp3) is 0.556. The summed E-state index contributed by atoms with van der Waals surface area (Å²) < 4.78 is 11.7. The van der Waals surface area contributed by atoms with Gasteiger partial charge in [-0.3, -0.25) is 0 Å². The second-order valence-corrected chi connectivity index (χ2v) is 9.50. The lowest BCUT2D eigenvalue weighted by atomic mass is 9.83. The molecule has 0 radical (unpaired) electrons. The maximum absolute atomic E-state index is 10.8. The zero-order valence-electron chi connectivity index (χ0n) is 19.7. The van der Waals surface area contributed by atoms with E-state index >= 15 is 0 Å². The Morgan fingerprint density at radius 3 is 2.33 bits per heavy atom. The summed E-state index contributed by atoms with van der Waals surface area (Å²) in [5, 5.41) is 41.0. The number of rotatable bonds is 7. The van der Waals surface area contributed by atoms with Gasteiger partial charge in [0.2, 0.25) is 0 Å². The third kappa shape index (κ3) is 4.81. The molecule has 6 heteroatoms. The van der Waals surface area contributed by atoms with E-state index in [0.717, 1.165) is 49.0 Å². The van der Waals surface area contributed by atoms with Crippen molar-refractivity contribution >= 4 is 0 Å². The molecule has 2 aromatic carbocycles. The van der Waals surface area contributed by atoms with Crippen LogP contribution < -0.4 is 4.74 Å². The minimum Gasteiger partial charge on any atom is -0.491 e. The van der Waals surface area contributed by atoms with Gasteiger partial charge in [0.25, 0.3) is 0 Å². The fourth-order valence-corrected chi connectivity index (χ4v) is 5.33. The fourth-order valence-electron chi connectivity index (χ4n) is 5.33. The second-order valence-electron chi connectivity index (χ2n) is 9.50. The van der Waals surface area contributed by atoms with E-state index in [1.54, 1.807) is 0 Å². The molecule has 1 aliphatic carbocycles. The first-order valence-electron chi connectivity index (χ1n) is 12.1. The van der Waals surface area contributed by atoms with Gasteiger partial charge < -0.3 is 29.9 Å². The van der Waals surface area contributed by atoms with Crippen LogP contribution in [0.2, 0.25) is 0 Å². The van der Waals surface area contributed by atoms with E-state index in [2.05, 4.69) is 25.1 Å². The van der Waals surface area contributed by atoms with Crippen LogP contribution in [0.5, 0.6) is 5.75 Å². The Bertz CT molecular complexity index is 952. The first kappa shape index (κ1) is 24.2. The summed E-state index contributed by atoms with van der Waals surface area (Å²) in [6.07, 6.45) is -0.955. The molecule has 1 saturated heterocycles. The minimum absolute atomic E-state index is 0.127. The molecule has 2 aromatic rings. The molecule has 0 aromatic heterocycles. The van der Waals surface area contributed by atoms with Crippen molar-refractivity contribution in [3.8, 4) is 5.75 Å². The van der Waals surface area contributed by atoms with Crippen molar-refractivity contribution in [3.63, 3.8) is 0 Å². The second kappa shape index (κ2) is 10.1. The van der Waals surface area contributed by atoms with Gasteiger partial charge in [0.1, 0.15) is 36.3 Å². The van der Waals surface area contributed by atoms with Gasteiger partial charge in [0, 0.05) is 0 Å². The first-order chi connectivity index (χ1) is 15.8. The summed E-state index contributed by atoms with van der Waals surface area (Å²) in [7, 11) is 0. The molecule has 4 N–H and O–H groups in total. The first-order valence-corrected chi connectivity index (χ1v) is 12.1. The van der Waals surface area contributed by atoms with Crippen LogP contribution >= 0.6 is 0 Å². The number of hydrogen-bond donors (Lipinski definition) is 4. The Hall–Kier alpha value is -1.96. The third-order valence-corrected chi connectivity index (χ3v) is 6.89. The average Bonchev–Trinajstić information content (AvgIpc) is 3.29. The summed E-state index contributed by atoms with van der Waals surface area (Å²) in [6, 6.07) is 10.3. The predicted octanol–water partition coefficient (Wildman–Crippen LogP) is 2.63. The number of aliphatic hydroxyl groups excluding tert-OH is 4. The van der Waals surface area contributed by atoms with Crippen LogP contribution in [-0.2, 0) is 30.4 Å². The summed E-state index contributed by atoms with van der Waals surface area (Å²) in [5.74, 6) is 0.849. The highest BCUT2D eigenvalue weighted by molar-refractivity contribution is 5.51. The van der Waals surface area contributed by atoms with Crippen molar-refractivity contribution in [3.05, 3.63) is 63.7 Å². The van der Waals surface area contributed by atoms with Crippen molar-refractivity contribution in [2.75, 3.05) is 6.61 Å². The van der Waals surface area contributed by atoms with Gasteiger partial charge in [-0.05, 0) is 91.5 Å². The maximum atomic E-state index is 10.8. The van der Waals surface area contributed by atoms with E-state index in [0.29, 0.717) is 0 Å². The number of ether oxygens (including phenoxy) is 2. The lowest BCUT2D eigenvalue weighted by Gasteiger charge is -2.41. The van der Waals surface area contributed by atoms with E-state index in [1.165, 1.54) is 22.3 Å². The van der Waals surface area contributed by atoms with Crippen molar-refractivity contribution < 1.29 is 29.9 Å². The number of aliphatic hydroxyl groups is 4. The Balaban J connectivity index is 1.71. The Kier molecular flexibility index (Phi) is 7.41. The molecule has 5 atom stereocenters. The van der Waals surface area contributed by atoms with Crippen LogP contribution in [0.1, 0.15) is 66.7 Å². The quantitative estimate of drug-likeness (QED) is 0.511. The van der Waals surface area contributed by atoms with Crippen molar-refractivity contribution in [2.24, 2.45) is 0 Å². The van der Waals surface area contributed by atoms with Gasteiger partial charge in [-0.25, -0.2) is 0 Å². The molecular weight excluding hydrogens is 420 g/mol. The average molecular weight is 457 g/mol. The van der Waals surface area contributed by atoms with E-state index in [1.807, 2.05) is 26.0 Å². The van der Waals surface area contributed by atoms with Gasteiger partial charge in [-0.15, -0.1) is 0 Å². The van der Waals surface area contributed by atoms with E-state index in [4.69, 9.17) is 9.47 Å². The highest BCUT2D eigenvalue weighted by Gasteiger charge is 2.45. The SMILES string of the molecule is CCc1c([C@@H]2O[C@H](CO)[C@@H](O)[C@H](O)[C@H]2O)cc(Cc2ccc(OC(C)C)cc2)c2c1CCC2. The van der Waals surface area contributed by atoms with E-state index in [-0.39, 0.29) is 6.10 Å². The Labute approximate surface area is 195 Å². The van der Waals surface area contributed by atoms with Gasteiger partial charge in [0.05, 0.1) is 12.7 Å². The lowest BCUT2D eigenvalue weighted by molar-refractivity contribution is -0.231. The molecule has 33 heavy (non-hydrogen) atoms. The molecule has 2 aliphatic rings. The molecule has 0 amide bonds. The summed E-state index contributed by atoms with van der Waals surface area (Å²) in [6.45, 7) is 5.68. The smallest absolute Gasteiger partial charge is 0.119 e. The monoisotopic (exact) mass is 456 g/mol. The van der Waals surface area contributed by atoms with Gasteiger partial charge in [-0.2, -0.15) is 0 Å². The molecule has 0 unspecified atom stereocenters. The largest absolute Gasteiger partial charge is 0.491 e. The number of fused-ring (bicyclic) bond motifs is 1. The normalized spacial score (nSPS) is 27.1. The highest BCUT2D eigenvalue weighted by Crippen LogP contribution is 2.40. The van der Waals surface area contributed by atoms with Crippen molar-refractivity contribution in [1.29, 1.82) is 0 Å². The summed E-state index contributed by atoms with van der Waals surface area (Å²) in [5.41, 5.74) is 7.07. The van der Waals surface area contributed by atoms with Crippen LogP contribution in [0.3, 0.4) is 0 Å². The topological polar surface area (TPSA) is 99.4 Å². The predicted molar refractivity (Wildman–Crippen MR) is 126 cm³/mol. The zero-order valence-corrected chi connectivity index (χ0v) is 19.7. The van der Waals surface area contributed by atoms with Crippen LogP contribution in [0.4, 0.5) is 0 Å². The highest BCUT2D eigenvalue weighted by atomic mass is 16.5. The van der Waals surface area contributed by atoms with Crippen molar-refractivity contribution in [2.45, 2.75) is 89.5 Å². The van der Waals surface area contributed by atoms with Crippen LogP contribution in [0, 0.1) is 0 Å². The minimum atomic E-state index is -1.38. The molecule has 0 saturated carbocycles. The molecule has 1 aliphatic heterocycles. The van der Waals surface area contributed by atoms with Gasteiger partial charge in [-0.1, -0.05) is 25.1 Å². The van der Waals surface area contributed by atoms with Gasteiger partial charge >= 0.3 is 0 Å². The molecular formula is C27H36O6. The summed E-state index contributed by atoms with van der Waals surface area (Å²) in [4.78, 5) is 0. The molecule has 6 nitrogen and oxygen atoms in total. The van der Waals surface area contributed by atoms with Crippen molar-refractivity contribution in [1.82, 2.24) is 0 Å². The molecule has 180 valence electrons. The van der Waals surface area contributed by atoms with Gasteiger partial charge in [0.15, 0.2) is 0 Å². The standard InChI is InChI=1S/C27H36O6/c1-4-19-21-7-5-6-20(21)17(12-16-8-10-18(11-9-16)32-15(2)3)13-22(19)27-26(31)25(30)24(29)23(14-28)33-27/h8-11,13,15,23-31H,4-7,12,14H2,1-3H3/t23-,24-,25+,26-,27+/m1/s1. The van der Waals surface area contributed by atoms with E-state index in [9.17, 15) is 20.4 Å². The van der Waals surface area contributed by atoms with E-state index < -0.39 is 37.1 Å². The molecule has 0 spiro atoms. The number of hydrogen-bond acceptors (Lipinski definition) is 6. The third-order valence-electron chi connectivity index (χ3n) is 6.89. The lowest BCUT2D eigenvalue weighted by Crippen LogP contribution is -2.55. The Morgan fingerprint density at radius 2 is 1.70 bits per heavy atom. The molecule has 1 heterocycles. The van der Waals surface area contributed by atoms with Crippen LogP contribution in [0.15, 0.2) is 30.3 Å². The Morgan fingerprint density at radius 1 is 1.00 bits per heavy atom. The van der Waals surface area contributed by atoms with Crippen LogP contribution in [-0.4, -0.2) is 57.6 Å². The molecule has 4 rings (SSSR count). The molecule has 1 fully saturated rings. The maximum Gasteiger partial charge on any atom is 0.119 e. The van der Waals surface area contributed by atoms with Crippen LogP contribution in [0.25, 0.3) is 0 Å². The number of benzene rings is 2. The molecule has 0 bridgehead atoms. The summed E-state index contributed by atoms with van der Waals surface area (Å²) >= 11 is 0.